The first-order valence-corrected chi connectivity index (χ1v) is 13.6. The van der Waals surface area contributed by atoms with Crippen molar-refractivity contribution in [2.24, 2.45) is 5.92 Å². The number of carbonyl (C=O) groups is 2. The molecular formula is C28H27FN6O5S. The normalized spacial score (nSPS) is 15.7. The van der Waals surface area contributed by atoms with Crippen LogP contribution in [0.2, 0.25) is 0 Å². The zero-order chi connectivity index (χ0) is 28.9. The first-order chi connectivity index (χ1) is 19.7. The van der Waals surface area contributed by atoms with Crippen LogP contribution in [0.1, 0.15) is 49.8 Å². The number of halogens is 1. The fraction of sp³-hybridized carbons (Fsp3) is 0.321. The minimum absolute atomic E-state index is 0.00986. The lowest BCUT2D eigenvalue weighted by Gasteiger charge is -2.20. The molecule has 0 aliphatic heterocycles. The summed E-state index contributed by atoms with van der Waals surface area (Å²) in [6, 6.07) is 10.5. The second kappa shape index (κ2) is 12.3. The number of rotatable bonds is 10. The molecule has 0 spiro atoms. The second-order valence-corrected chi connectivity index (χ2v) is 10.8. The van der Waals surface area contributed by atoms with Crippen LogP contribution in [-0.4, -0.2) is 50.6 Å². The fourth-order valence-electron chi connectivity index (χ4n) is 4.08. The van der Waals surface area contributed by atoms with E-state index in [0.29, 0.717) is 35.2 Å². The summed E-state index contributed by atoms with van der Waals surface area (Å²) in [6.07, 6.45) is 2.00. The van der Waals surface area contributed by atoms with Crippen LogP contribution in [0.15, 0.2) is 48.7 Å². The monoisotopic (exact) mass is 578 g/mol. The summed E-state index contributed by atoms with van der Waals surface area (Å²) < 4.78 is 29.4. The number of pyridine rings is 1. The fourth-order valence-corrected chi connectivity index (χ4v) is 4.78. The molecule has 4 aromatic rings. The Morgan fingerprint density at radius 2 is 1.85 bits per heavy atom. The van der Waals surface area contributed by atoms with E-state index in [-0.39, 0.29) is 17.9 Å². The zero-order valence-electron chi connectivity index (χ0n) is 22.6. The summed E-state index contributed by atoms with van der Waals surface area (Å²) in [6.45, 7) is 5.28. The lowest BCUT2D eigenvalue weighted by molar-refractivity contribution is -0.000705. The van der Waals surface area contributed by atoms with Gasteiger partial charge in [-0.25, -0.2) is 19.0 Å². The second-order valence-electron chi connectivity index (χ2n) is 9.55. The van der Waals surface area contributed by atoms with Gasteiger partial charge in [0.2, 0.25) is 12.7 Å². The molecule has 212 valence electrons. The Balaban J connectivity index is 1.25. The van der Waals surface area contributed by atoms with Gasteiger partial charge in [0.05, 0.1) is 18.7 Å². The molecule has 1 aliphatic carbocycles. The van der Waals surface area contributed by atoms with Gasteiger partial charge >= 0.3 is 12.1 Å². The summed E-state index contributed by atoms with van der Waals surface area (Å²) in [5.41, 5.74) is 2.28. The lowest BCUT2D eigenvalue weighted by Crippen LogP contribution is -2.33. The van der Waals surface area contributed by atoms with Gasteiger partial charge in [0.25, 0.3) is 0 Å². The number of aromatic nitrogens is 5. The minimum atomic E-state index is -0.832. The van der Waals surface area contributed by atoms with Crippen molar-refractivity contribution in [3.63, 3.8) is 0 Å². The largest absolute Gasteiger partial charge is 0.477 e. The van der Waals surface area contributed by atoms with E-state index in [0.717, 1.165) is 34.8 Å². The Bertz CT molecular complexity index is 1530. The Hall–Kier alpha value is -4.52. The van der Waals surface area contributed by atoms with Crippen molar-refractivity contribution in [3.05, 3.63) is 87.1 Å². The molecule has 0 bridgehead atoms. The van der Waals surface area contributed by atoms with Crippen LogP contribution in [0, 0.1) is 32.5 Å². The number of benzene rings is 1. The number of aryl methyl sites for hydroxylation is 3. The van der Waals surface area contributed by atoms with Crippen molar-refractivity contribution in [3.8, 4) is 5.88 Å². The van der Waals surface area contributed by atoms with Gasteiger partial charge in [-0.1, -0.05) is 17.4 Å². The number of anilines is 1. The Kier molecular flexibility index (Phi) is 8.43. The van der Waals surface area contributed by atoms with Crippen molar-refractivity contribution in [2.45, 2.75) is 39.7 Å². The molecule has 0 N–H and O–H groups in total. The Labute approximate surface area is 239 Å². The van der Waals surface area contributed by atoms with Crippen LogP contribution in [0.25, 0.3) is 0 Å². The van der Waals surface area contributed by atoms with E-state index in [1.165, 1.54) is 28.4 Å². The van der Waals surface area contributed by atoms with Crippen LogP contribution < -0.4 is 9.64 Å². The quantitative estimate of drug-likeness (QED) is 0.189. The number of hydrogen-bond donors (Lipinski definition) is 0. The standard InChI is InChI=1S/C28H27FN6O5S/c1-16-4-9-23(30-12-16)22-10-20(22)14-38-25-11-24(31-17(2)32-25)35(13-26-34-33-18(3)41-26)28(37)40-15-39-27(36)19-5-7-21(29)8-6-19/h4-9,11-12,20,22H,10,13-15H2,1-3H3/t20-,22+/m1/s1. The third-order valence-electron chi connectivity index (χ3n) is 6.29. The first-order valence-electron chi connectivity index (χ1n) is 12.8. The highest BCUT2D eigenvalue weighted by atomic mass is 32.1. The molecule has 1 aromatic carbocycles. The third kappa shape index (κ3) is 7.37. The van der Waals surface area contributed by atoms with Gasteiger partial charge in [-0.2, -0.15) is 4.98 Å². The molecule has 13 heteroatoms. The maximum absolute atomic E-state index is 13.2. The summed E-state index contributed by atoms with van der Waals surface area (Å²) in [7, 11) is 0. The predicted molar refractivity (Wildman–Crippen MR) is 146 cm³/mol. The number of carbonyl (C=O) groups excluding carboxylic acids is 2. The number of esters is 1. The molecule has 3 aromatic heterocycles. The van der Waals surface area contributed by atoms with E-state index in [9.17, 15) is 14.0 Å². The average molecular weight is 579 g/mol. The number of nitrogens with zero attached hydrogens (tertiary/aromatic N) is 6. The molecule has 11 nitrogen and oxygen atoms in total. The van der Waals surface area contributed by atoms with Gasteiger partial charge in [-0.15, -0.1) is 10.2 Å². The molecule has 1 fully saturated rings. The predicted octanol–water partition coefficient (Wildman–Crippen LogP) is 4.93. The maximum atomic E-state index is 13.2. The van der Waals surface area contributed by atoms with Gasteiger partial charge in [-0.05, 0) is 63.1 Å². The molecule has 1 amide bonds. The summed E-state index contributed by atoms with van der Waals surface area (Å²) in [4.78, 5) is 39.9. The van der Waals surface area contributed by atoms with Crippen molar-refractivity contribution >= 4 is 29.2 Å². The van der Waals surface area contributed by atoms with Crippen LogP contribution in [0.3, 0.4) is 0 Å². The van der Waals surface area contributed by atoms with Crippen molar-refractivity contribution in [2.75, 3.05) is 18.3 Å². The maximum Gasteiger partial charge on any atom is 0.418 e. The van der Waals surface area contributed by atoms with Crippen molar-refractivity contribution in [1.29, 1.82) is 0 Å². The third-order valence-corrected chi connectivity index (χ3v) is 7.12. The molecule has 1 saturated carbocycles. The van der Waals surface area contributed by atoms with Crippen molar-refractivity contribution < 1.29 is 28.2 Å². The number of amides is 1. The van der Waals surface area contributed by atoms with E-state index in [4.69, 9.17) is 14.2 Å². The molecule has 0 radical (unpaired) electrons. The number of hydrogen-bond acceptors (Lipinski definition) is 11. The summed E-state index contributed by atoms with van der Waals surface area (Å²) in [5, 5.41) is 9.38. The van der Waals surface area contributed by atoms with Crippen LogP contribution in [-0.2, 0) is 16.0 Å². The zero-order valence-corrected chi connectivity index (χ0v) is 23.4. The van der Waals surface area contributed by atoms with Crippen LogP contribution >= 0.6 is 11.3 Å². The van der Waals surface area contributed by atoms with E-state index in [1.807, 2.05) is 19.2 Å². The van der Waals surface area contributed by atoms with E-state index >= 15 is 0 Å². The van der Waals surface area contributed by atoms with Gasteiger partial charge in [0.15, 0.2) is 0 Å². The van der Waals surface area contributed by atoms with Crippen LogP contribution in [0.4, 0.5) is 15.0 Å². The Morgan fingerprint density at radius 1 is 1.05 bits per heavy atom. The van der Waals surface area contributed by atoms with Gasteiger partial charge in [0.1, 0.15) is 27.5 Å². The van der Waals surface area contributed by atoms with Gasteiger partial charge in [-0.3, -0.25) is 9.88 Å². The minimum Gasteiger partial charge on any atom is -0.477 e. The van der Waals surface area contributed by atoms with Gasteiger partial charge < -0.3 is 14.2 Å². The molecule has 0 unspecified atom stereocenters. The van der Waals surface area contributed by atoms with Crippen LogP contribution in [0.5, 0.6) is 5.88 Å². The molecule has 2 atom stereocenters. The van der Waals surface area contributed by atoms with Gasteiger partial charge in [0, 0.05) is 29.8 Å². The first kappa shape index (κ1) is 28.0. The van der Waals surface area contributed by atoms with E-state index in [2.05, 4.69) is 31.2 Å². The average Bonchev–Trinajstić information content (AvgIpc) is 3.61. The summed E-state index contributed by atoms with van der Waals surface area (Å²) >= 11 is 1.32. The molecule has 41 heavy (non-hydrogen) atoms. The molecule has 1 aliphatic rings. The number of ether oxygens (including phenoxy) is 3. The topological polar surface area (TPSA) is 130 Å². The summed E-state index contributed by atoms with van der Waals surface area (Å²) in [5.74, 6) is 0.315. The molecule has 5 rings (SSSR count). The van der Waals surface area contributed by atoms with Crippen molar-refractivity contribution in [1.82, 2.24) is 25.1 Å². The highest BCUT2D eigenvalue weighted by molar-refractivity contribution is 7.11. The molecular weight excluding hydrogens is 551 g/mol. The smallest absolute Gasteiger partial charge is 0.418 e. The highest BCUT2D eigenvalue weighted by Crippen LogP contribution is 2.46. The lowest BCUT2D eigenvalue weighted by atomic mass is 10.2. The van der Waals surface area contributed by atoms with E-state index in [1.54, 1.807) is 19.9 Å². The highest BCUT2D eigenvalue weighted by Gasteiger charge is 2.40. The van der Waals surface area contributed by atoms with E-state index < -0.39 is 24.7 Å². The SMILES string of the molecule is Cc1ccc([C@H]2C[C@@H]2COc2cc(N(Cc3nnc(C)s3)C(=O)OCOC(=O)c3ccc(F)cc3)nc(C)n2)nc1. The molecule has 0 saturated heterocycles. The Morgan fingerprint density at radius 3 is 2.56 bits per heavy atom. The molecule has 3 heterocycles.